The highest BCUT2D eigenvalue weighted by molar-refractivity contribution is 6.03. The smallest absolute Gasteiger partial charge is 0.316 e. The Morgan fingerprint density at radius 2 is 1.79 bits per heavy atom. The molecule has 0 radical (unpaired) electrons. The van der Waals surface area contributed by atoms with Gasteiger partial charge in [0.15, 0.2) is 5.78 Å². The van der Waals surface area contributed by atoms with Crippen LogP contribution in [0.2, 0.25) is 0 Å². The molecule has 14 heavy (non-hydrogen) atoms. The molecule has 0 aromatic heterocycles. The lowest BCUT2D eigenvalue weighted by molar-refractivity contribution is -0.155. The van der Waals surface area contributed by atoms with Gasteiger partial charge in [0.05, 0.1) is 0 Å². The Kier molecular flexibility index (Phi) is 3.26. The molecule has 0 atom stereocenters. The number of hydrogen-bond donors (Lipinski definition) is 1. The van der Waals surface area contributed by atoms with Crippen LogP contribution >= 0.6 is 0 Å². The van der Waals surface area contributed by atoms with E-state index in [2.05, 4.69) is 0 Å². The van der Waals surface area contributed by atoms with Crippen LogP contribution in [0.25, 0.3) is 0 Å². The van der Waals surface area contributed by atoms with E-state index in [1.165, 1.54) is 13.8 Å². The second-order valence-corrected chi connectivity index (χ2v) is 4.18. The van der Waals surface area contributed by atoms with Crippen LogP contribution in [0, 0.1) is 11.3 Å². The van der Waals surface area contributed by atoms with Gasteiger partial charge in [-0.2, -0.15) is 0 Å². The number of carbonyl (C=O) groups excluding carboxylic acids is 1. The van der Waals surface area contributed by atoms with Gasteiger partial charge in [-0.05, 0) is 26.7 Å². The van der Waals surface area contributed by atoms with Crippen molar-refractivity contribution < 1.29 is 19.4 Å². The van der Waals surface area contributed by atoms with Crippen LogP contribution in [-0.4, -0.2) is 30.1 Å². The zero-order valence-corrected chi connectivity index (χ0v) is 8.58. The van der Waals surface area contributed by atoms with Crippen molar-refractivity contribution >= 4 is 11.8 Å². The minimum absolute atomic E-state index is 0.144. The molecule has 4 nitrogen and oxygen atoms in total. The van der Waals surface area contributed by atoms with Crippen molar-refractivity contribution in [2.75, 3.05) is 13.2 Å². The fourth-order valence-corrected chi connectivity index (χ4v) is 1.58. The molecule has 1 aliphatic rings. The molecule has 1 fully saturated rings. The van der Waals surface area contributed by atoms with E-state index in [-0.39, 0.29) is 11.7 Å². The molecule has 4 heteroatoms. The van der Waals surface area contributed by atoms with Crippen molar-refractivity contribution in [1.29, 1.82) is 0 Å². The van der Waals surface area contributed by atoms with Gasteiger partial charge in [0, 0.05) is 19.1 Å². The summed E-state index contributed by atoms with van der Waals surface area (Å²) in [5.74, 6) is -1.36. The standard InChI is InChI=1S/C10H16O4/c1-10(2,9(12)13)8(11)7-3-5-14-6-4-7/h7H,3-6H2,1-2H3,(H,12,13). The Bertz CT molecular complexity index is 239. The van der Waals surface area contributed by atoms with E-state index < -0.39 is 11.4 Å². The van der Waals surface area contributed by atoms with Gasteiger partial charge in [-0.15, -0.1) is 0 Å². The fraction of sp³-hybridized carbons (Fsp3) is 0.800. The summed E-state index contributed by atoms with van der Waals surface area (Å²) in [6.07, 6.45) is 1.30. The zero-order valence-electron chi connectivity index (χ0n) is 8.58. The largest absolute Gasteiger partial charge is 0.481 e. The Morgan fingerprint density at radius 1 is 1.29 bits per heavy atom. The van der Waals surface area contributed by atoms with Crippen molar-refractivity contribution in [2.24, 2.45) is 11.3 Å². The van der Waals surface area contributed by atoms with Crippen molar-refractivity contribution in [1.82, 2.24) is 0 Å². The zero-order chi connectivity index (χ0) is 10.8. The van der Waals surface area contributed by atoms with Crippen LogP contribution in [0.15, 0.2) is 0 Å². The molecule has 80 valence electrons. The third kappa shape index (κ3) is 2.12. The average Bonchev–Trinajstić information content (AvgIpc) is 2.17. The molecule has 1 aliphatic heterocycles. The van der Waals surface area contributed by atoms with Crippen molar-refractivity contribution in [2.45, 2.75) is 26.7 Å². The van der Waals surface area contributed by atoms with E-state index in [0.29, 0.717) is 26.1 Å². The lowest BCUT2D eigenvalue weighted by Crippen LogP contribution is -2.39. The van der Waals surface area contributed by atoms with Crippen molar-refractivity contribution in [3.05, 3.63) is 0 Å². The number of carboxylic acid groups (broad SMARTS) is 1. The third-order valence-corrected chi connectivity index (χ3v) is 2.74. The molecule has 0 aromatic carbocycles. The second kappa shape index (κ2) is 4.09. The Balaban J connectivity index is 2.67. The van der Waals surface area contributed by atoms with Gasteiger partial charge in [-0.1, -0.05) is 0 Å². The van der Waals surface area contributed by atoms with E-state index in [4.69, 9.17) is 9.84 Å². The molecule has 0 aliphatic carbocycles. The number of rotatable bonds is 3. The summed E-state index contributed by atoms with van der Waals surface area (Å²) in [4.78, 5) is 22.7. The number of Topliss-reactive ketones (excluding diaryl/α,β-unsaturated/α-hetero) is 1. The highest BCUT2D eigenvalue weighted by Gasteiger charge is 2.40. The number of ketones is 1. The second-order valence-electron chi connectivity index (χ2n) is 4.18. The topological polar surface area (TPSA) is 63.6 Å². The molecule has 1 heterocycles. The maximum atomic E-state index is 11.8. The van der Waals surface area contributed by atoms with Crippen LogP contribution in [0.3, 0.4) is 0 Å². The minimum Gasteiger partial charge on any atom is -0.481 e. The predicted octanol–water partition coefficient (Wildman–Crippen LogP) is 1.09. The van der Waals surface area contributed by atoms with Gasteiger partial charge in [0.25, 0.3) is 0 Å². The summed E-state index contributed by atoms with van der Waals surface area (Å²) < 4.78 is 5.12. The van der Waals surface area contributed by atoms with Crippen molar-refractivity contribution in [3.8, 4) is 0 Å². The lowest BCUT2D eigenvalue weighted by atomic mass is 9.78. The summed E-state index contributed by atoms with van der Waals surface area (Å²) in [6.45, 7) is 4.05. The monoisotopic (exact) mass is 200 g/mol. The van der Waals surface area contributed by atoms with E-state index in [1.54, 1.807) is 0 Å². The third-order valence-electron chi connectivity index (χ3n) is 2.74. The summed E-state index contributed by atoms with van der Waals surface area (Å²) >= 11 is 0. The van der Waals surface area contributed by atoms with E-state index in [1.807, 2.05) is 0 Å². The molecule has 0 unspecified atom stereocenters. The van der Waals surface area contributed by atoms with Gasteiger partial charge in [0.2, 0.25) is 0 Å². The maximum absolute atomic E-state index is 11.8. The molecule has 0 aromatic rings. The van der Waals surface area contributed by atoms with Crippen LogP contribution in [-0.2, 0) is 14.3 Å². The Labute approximate surface area is 83.2 Å². The number of aliphatic carboxylic acids is 1. The SMILES string of the molecule is CC(C)(C(=O)O)C(=O)C1CCOCC1. The molecule has 0 bridgehead atoms. The number of carboxylic acids is 1. The van der Waals surface area contributed by atoms with Gasteiger partial charge >= 0.3 is 5.97 Å². The van der Waals surface area contributed by atoms with Gasteiger partial charge in [-0.3, -0.25) is 9.59 Å². The Morgan fingerprint density at radius 3 is 2.21 bits per heavy atom. The molecule has 0 spiro atoms. The molecule has 0 saturated carbocycles. The van der Waals surface area contributed by atoms with Crippen LogP contribution in [0.1, 0.15) is 26.7 Å². The highest BCUT2D eigenvalue weighted by atomic mass is 16.5. The first kappa shape index (κ1) is 11.2. The summed E-state index contributed by atoms with van der Waals surface area (Å²) in [7, 11) is 0. The van der Waals surface area contributed by atoms with Crippen molar-refractivity contribution in [3.63, 3.8) is 0 Å². The summed E-state index contributed by atoms with van der Waals surface area (Å²) in [6, 6.07) is 0. The maximum Gasteiger partial charge on any atom is 0.316 e. The molecule has 0 amide bonds. The van der Waals surface area contributed by atoms with Gasteiger partial charge < -0.3 is 9.84 Å². The quantitative estimate of drug-likeness (QED) is 0.693. The van der Waals surface area contributed by atoms with Gasteiger partial charge in [-0.25, -0.2) is 0 Å². The number of carbonyl (C=O) groups is 2. The fourth-order valence-electron chi connectivity index (χ4n) is 1.58. The van der Waals surface area contributed by atoms with Gasteiger partial charge in [0.1, 0.15) is 5.41 Å². The molecular formula is C10H16O4. The first-order chi connectivity index (χ1) is 6.46. The van der Waals surface area contributed by atoms with E-state index in [0.717, 1.165) is 0 Å². The predicted molar refractivity (Wildman–Crippen MR) is 50.0 cm³/mol. The lowest BCUT2D eigenvalue weighted by Gasteiger charge is -2.27. The first-order valence-electron chi connectivity index (χ1n) is 4.81. The van der Waals surface area contributed by atoms with Crippen LogP contribution in [0.4, 0.5) is 0 Å². The first-order valence-corrected chi connectivity index (χ1v) is 4.81. The van der Waals surface area contributed by atoms with Crippen LogP contribution in [0.5, 0.6) is 0 Å². The highest BCUT2D eigenvalue weighted by Crippen LogP contribution is 2.27. The normalized spacial score (nSPS) is 19.3. The number of ether oxygens (including phenoxy) is 1. The van der Waals surface area contributed by atoms with Crippen LogP contribution < -0.4 is 0 Å². The average molecular weight is 200 g/mol. The Hall–Kier alpha value is -0.900. The molecule has 1 rings (SSSR count). The molecular weight excluding hydrogens is 184 g/mol. The van der Waals surface area contributed by atoms with E-state index >= 15 is 0 Å². The summed E-state index contributed by atoms with van der Waals surface area (Å²) in [5, 5.41) is 8.89. The summed E-state index contributed by atoms with van der Waals surface area (Å²) in [5.41, 5.74) is -1.26. The van der Waals surface area contributed by atoms with E-state index in [9.17, 15) is 9.59 Å². The molecule has 1 N–H and O–H groups in total. The number of hydrogen-bond acceptors (Lipinski definition) is 3. The minimum atomic E-state index is -1.26. The molecule has 1 saturated heterocycles.